The maximum Gasteiger partial charge on any atom is 0.481 e. The number of rotatable bonds is 2. The Morgan fingerprint density at radius 3 is 2.25 bits per heavy atom. The van der Waals surface area contributed by atoms with Crippen molar-refractivity contribution in [3.63, 3.8) is 0 Å². The Kier molecular flexibility index (Phi) is 2.91. The summed E-state index contributed by atoms with van der Waals surface area (Å²) in [7, 11) is -0.358. The fourth-order valence-corrected chi connectivity index (χ4v) is 2.39. The van der Waals surface area contributed by atoms with Crippen LogP contribution in [0.3, 0.4) is 0 Å². The van der Waals surface area contributed by atoms with Gasteiger partial charge in [0, 0.05) is 4.88 Å². The summed E-state index contributed by atoms with van der Waals surface area (Å²) >= 11 is 1.63. The molecule has 1 atom stereocenters. The number of thiophene rings is 1. The quantitative estimate of drug-likeness (QED) is 0.806. The van der Waals surface area contributed by atoms with Crippen molar-refractivity contribution >= 4 is 18.5 Å². The summed E-state index contributed by atoms with van der Waals surface area (Å²) in [5.41, 5.74) is 5.52. The molecule has 0 unspecified atom stereocenters. The molecule has 0 radical (unpaired) electrons. The topological polar surface area (TPSA) is 44.5 Å². The SMILES string of the molecule is CC1(C)OB([C@@H](N)c2cccs2)OC1(C)C. The van der Waals surface area contributed by atoms with Crippen molar-refractivity contribution in [1.29, 1.82) is 0 Å². The molecule has 2 N–H and O–H groups in total. The van der Waals surface area contributed by atoms with Crippen molar-refractivity contribution in [1.82, 2.24) is 0 Å². The Bertz CT molecular complexity index is 348. The van der Waals surface area contributed by atoms with Crippen LogP contribution < -0.4 is 5.73 Å². The normalized spacial score (nSPS) is 24.7. The van der Waals surface area contributed by atoms with E-state index in [1.54, 1.807) is 11.3 Å². The van der Waals surface area contributed by atoms with E-state index < -0.39 is 0 Å². The molecule has 0 aliphatic carbocycles. The van der Waals surface area contributed by atoms with Crippen LogP contribution in [-0.2, 0) is 9.31 Å². The molecule has 0 spiro atoms. The molecule has 3 nitrogen and oxygen atoms in total. The number of hydrogen-bond donors (Lipinski definition) is 1. The Hall–Kier alpha value is -0.355. The lowest BCUT2D eigenvalue weighted by Crippen LogP contribution is -2.41. The Labute approximate surface area is 101 Å². The van der Waals surface area contributed by atoms with Gasteiger partial charge in [-0.25, -0.2) is 0 Å². The Balaban J connectivity index is 2.15. The maximum absolute atomic E-state index is 6.15. The first-order chi connectivity index (χ1) is 7.33. The lowest BCUT2D eigenvalue weighted by atomic mass is 9.78. The van der Waals surface area contributed by atoms with Crippen LogP contribution in [0.25, 0.3) is 0 Å². The highest BCUT2D eigenvalue weighted by molar-refractivity contribution is 7.10. The van der Waals surface area contributed by atoms with Crippen LogP contribution in [0.1, 0.15) is 38.5 Å². The average molecular weight is 239 g/mol. The second-order valence-electron chi connectivity index (χ2n) is 5.17. The molecule has 0 aromatic carbocycles. The van der Waals surface area contributed by atoms with Crippen molar-refractivity contribution in [2.45, 2.75) is 44.8 Å². The molecule has 2 rings (SSSR count). The summed E-state index contributed by atoms with van der Waals surface area (Å²) in [4.78, 5) is 1.10. The smallest absolute Gasteiger partial charge is 0.402 e. The van der Waals surface area contributed by atoms with E-state index in [0.717, 1.165) is 4.88 Å². The van der Waals surface area contributed by atoms with E-state index in [0.29, 0.717) is 0 Å². The van der Waals surface area contributed by atoms with E-state index in [9.17, 15) is 0 Å². The van der Waals surface area contributed by atoms with Gasteiger partial charge in [-0.1, -0.05) is 6.07 Å². The first kappa shape index (κ1) is 12.1. The van der Waals surface area contributed by atoms with Gasteiger partial charge < -0.3 is 15.0 Å². The molecule has 1 aromatic heterocycles. The molecule has 0 amide bonds. The van der Waals surface area contributed by atoms with E-state index in [2.05, 4.69) is 0 Å². The summed E-state index contributed by atoms with van der Waals surface area (Å²) in [5, 5.41) is 2.01. The largest absolute Gasteiger partial charge is 0.481 e. The van der Waals surface area contributed by atoms with Gasteiger partial charge in [-0.3, -0.25) is 0 Å². The summed E-state index contributed by atoms with van der Waals surface area (Å²) in [6.07, 6.45) is 0. The lowest BCUT2D eigenvalue weighted by molar-refractivity contribution is 0.00578. The van der Waals surface area contributed by atoms with Crippen LogP contribution in [0.4, 0.5) is 0 Å². The molecule has 16 heavy (non-hydrogen) atoms. The van der Waals surface area contributed by atoms with Crippen LogP contribution in [0.5, 0.6) is 0 Å². The molecule has 2 heterocycles. The van der Waals surface area contributed by atoms with Crippen LogP contribution in [-0.4, -0.2) is 18.3 Å². The minimum Gasteiger partial charge on any atom is -0.402 e. The highest BCUT2D eigenvalue weighted by Crippen LogP contribution is 2.39. The second-order valence-corrected chi connectivity index (χ2v) is 6.15. The van der Waals surface area contributed by atoms with Crippen molar-refractivity contribution in [3.8, 4) is 0 Å². The zero-order chi connectivity index (χ0) is 12.0. The van der Waals surface area contributed by atoms with E-state index in [4.69, 9.17) is 15.0 Å². The summed E-state index contributed by atoms with van der Waals surface area (Å²) < 4.78 is 11.8. The third-order valence-electron chi connectivity index (χ3n) is 3.44. The van der Waals surface area contributed by atoms with Gasteiger partial charge in [0.25, 0.3) is 0 Å². The third kappa shape index (κ3) is 1.93. The number of hydrogen-bond acceptors (Lipinski definition) is 4. The third-order valence-corrected chi connectivity index (χ3v) is 4.41. The van der Waals surface area contributed by atoms with Crippen molar-refractivity contribution in [2.75, 3.05) is 0 Å². The van der Waals surface area contributed by atoms with Gasteiger partial charge >= 0.3 is 7.12 Å². The lowest BCUT2D eigenvalue weighted by Gasteiger charge is -2.32. The molecular weight excluding hydrogens is 221 g/mol. The number of nitrogens with two attached hydrogens (primary N) is 1. The molecule has 1 saturated heterocycles. The Morgan fingerprint density at radius 1 is 1.25 bits per heavy atom. The second kappa shape index (κ2) is 3.84. The molecule has 0 bridgehead atoms. The predicted octanol–water partition coefficient (Wildman–Crippen LogP) is 2.38. The zero-order valence-electron chi connectivity index (χ0n) is 10.2. The standard InChI is InChI=1S/C11H18BNO2S/c1-10(2)11(3,4)15-12(14-10)9(13)8-6-5-7-16-8/h5-7,9H,13H2,1-4H3/t9-/m0/s1. The zero-order valence-corrected chi connectivity index (χ0v) is 11.0. The predicted molar refractivity (Wildman–Crippen MR) is 67.3 cm³/mol. The van der Waals surface area contributed by atoms with Gasteiger partial charge in [0.05, 0.1) is 17.1 Å². The van der Waals surface area contributed by atoms with Gasteiger partial charge in [-0.2, -0.15) is 0 Å². The van der Waals surface area contributed by atoms with Crippen molar-refractivity contribution in [3.05, 3.63) is 22.4 Å². The fourth-order valence-electron chi connectivity index (χ4n) is 1.65. The summed E-state index contributed by atoms with van der Waals surface area (Å²) in [6, 6.07) is 4.01. The molecule has 88 valence electrons. The van der Waals surface area contributed by atoms with Crippen molar-refractivity contribution in [2.24, 2.45) is 5.73 Å². The van der Waals surface area contributed by atoms with Crippen LogP contribution in [0.2, 0.25) is 0 Å². The average Bonchev–Trinajstić information content (AvgIpc) is 2.72. The van der Waals surface area contributed by atoms with E-state index in [-0.39, 0.29) is 24.3 Å². The van der Waals surface area contributed by atoms with Crippen LogP contribution in [0, 0.1) is 0 Å². The maximum atomic E-state index is 6.15. The highest BCUT2D eigenvalue weighted by Gasteiger charge is 2.53. The van der Waals surface area contributed by atoms with Crippen LogP contribution in [0.15, 0.2) is 17.5 Å². The Morgan fingerprint density at radius 2 is 1.81 bits per heavy atom. The van der Waals surface area contributed by atoms with E-state index in [1.807, 2.05) is 45.2 Å². The summed E-state index contributed by atoms with van der Waals surface area (Å²) in [6.45, 7) is 8.14. The van der Waals surface area contributed by atoms with Crippen molar-refractivity contribution < 1.29 is 9.31 Å². The minimum absolute atomic E-state index is 0.207. The highest BCUT2D eigenvalue weighted by atomic mass is 32.1. The molecule has 5 heteroatoms. The van der Waals surface area contributed by atoms with E-state index in [1.165, 1.54) is 0 Å². The first-order valence-electron chi connectivity index (χ1n) is 5.48. The molecule has 0 saturated carbocycles. The first-order valence-corrected chi connectivity index (χ1v) is 6.36. The minimum atomic E-state index is -0.358. The molecular formula is C11H18BNO2S. The molecule has 1 aliphatic heterocycles. The molecule has 1 fully saturated rings. The van der Waals surface area contributed by atoms with Gasteiger partial charge in [0.1, 0.15) is 0 Å². The van der Waals surface area contributed by atoms with Gasteiger partial charge in [0.2, 0.25) is 0 Å². The van der Waals surface area contributed by atoms with E-state index >= 15 is 0 Å². The fraction of sp³-hybridized carbons (Fsp3) is 0.636. The monoisotopic (exact) mass is 239 g/mol. The van der Waals surface area contributed by atoms with Gasteiger partial charge in [0.15, 0.2) is 0 Å². The van der Waals surface area contributed by atoms with Gasteiger partial charge in [-0.15, -0.1) is 11.3 Å². The van der Waals surface area contributed by atoms with Crippen LogP contribution >= 0.6 is 11.3 Å². The summed E-state index contributed by atoms with van der Waals surface area (Å²) in [5.74, 6) is -0.207. The van der Waals surface area contributed by atoms with Gasteiger partial charge in [-0.05, 0) is 39.1 Å². The molecule has 1 aliphatic rings. The molecule has 1 aromatic rings.